The van der Waals surface area contributed by atoms with E-state index in [4.69, 9.17) is 4.74 Å². The van der Waals surface area contributed by atoms with Crippen LogP contribution in [-0.4, -0.2) is 39.8 Å². The van der Waals surface area contributed by atoms with Crippen molar-refractivity contribution < 1.29 is 29.6 Å². The molecule has 3 N–H and O–H groups in total. The van der Waals surface area contributed by atoms with Crippen molar-refractivity contribution in [3.63, 3.8) is 0 Å². The van der Waals surface area contributed by atoms with Crippen molar-refractivity contribution in [2.75, 3.05) is 6.61 Å². The van der Waals surface area contributed by atoms with Crippen LogP contribution in [0.2, 0.25) is 0 Å². The number of esters is 1. The summed E-state index contributed by atoms with van der Waals surface area (Å²) in [6, 6.07) is 2.38. The van der Waals surface area contributed by atoms with Crippen LogP contribution in [0.15, 0.2) is 12.1 Å². The largest absolute Gasteiger partial charge is 0.508 e. The molecule has 0 radical (unpaired) electrons. The number of rotatable bonds is 10. The van der Waals surface area contributed by atoms with Gasteiger partial charge in [0, 0.05) is 12.5 Å². The zero-order valence-corrected chi connectivity index (χ0v) is 14.2. The minimum atomic E-state index is -0.525. The number of aliphatic hydroxyl groups excluding tert-OH is 1. The lowest BCUT2D eigenvalue weighted by atomic mass is 9.96. The van der Waals surface area contributed by atoms with E-state index >= 15 is 0 Å². The Bertz CT molecular complexity index is 567. The fraction of sp³-hybridized carbons (Fsp3) is 0.556. The Labute approximate surface area is 142 Å². The predicted octanol–water partition coefficient (Wildman–Crippen LogP) is 2.72. The molecule has 6 heteroatoms. The third-order valence-electron chi connectivity index (χ3n) is 3.77. The van der Waals surface area contributed by atoms with Crippen molar-refractivity contribution >= 4 is 11.8 Å². The number of ether oxygens (including phenoxy) is 1. The first-order chi connectivity index (χ1) is 11.4. The molecule has 0 heterocycles. The van der Waals surface area contributed by atoms with Gasteiger partial charge in [-0.3, -0.25) is 9.59 Å². The van der Waals surface area contributed by atoms with E-state index < -0.39 is 5.97 Å². The second-order valence-electron chi connectivity index (χ2n) is 5.71. The van der Waals surface area contributed by atoms with Crippen molar-refractivity contribution in [1.29, 1.82) is 0 Å². The summed E-state index contributed by atoms with van der Waals surface area (Å²) in [7, 11) is 0. The van der Waals surface area contributed by atoms with Crippen LogP contribution in [0.3, 0.4) is 0 Å². The molecule has 0 aliphatic carbocycles. The highest BCUT2D eigenvalue weighted by molar-refractivity contribution is 6.01. The Morgan fingerprint density at radius 2 is 1.88 bits per heavy atom. The maximum absolute atomic E-state index is 12.4. The summed E-state index contributed by atoms with van der Waals surface area (Å²) < 4.78 is 4.86. The summed E-state index contributed by atoms with van der Waals surface area (Å²) in [5.74, 6) is -1.37. The fourth-order valence-corrected chi connectivity index (χ4v) is 2.49. The van der Waals surface area contributed by atoms with E-state index in [2.05, 4.69) is 0 Å². The Kier molecular flexibility index (Phi) is 8.26. The van der Waals surface area contributed by atoms with Gasteiger partial charge < -0.3 is 20.1 Å². The second-order valence-corrected chi connectivity index (χ2v) is 5.71. The summed E-state index contributed by atoms with van der Waals surface area (Å²) in [4.78, 5) is 24.0. The van der Waals surface area contributed by atoms with Crippen molar-refractivity contribution in [2.24, 2.45) is 0 Å². The molecule has 0 fully saturated rings. The van der Waals surface area contributed by atoms with Crippen LogP contribution in [0, 0.1) is 0 Å². The maximum Gasteiger partial charge on any atom is 0.310 e. The summed E-state index contributed by atoms with van der Waals surface area (Å²) in [5.41, 5.74) is 0.307. The molecule has 0 aliphatic rings. The van der Waals surface area contributed by atoms with Crippen LogP contribution in [0.1, 0.15) is 61.9 Å². The van der Waals surface area contributed by atoms with Crippen molar-refractivity contribution in [3.05, 3.63) is 23.3 Å². The van der Waals surface area contributed by atoms with Gasteiger partial charge in [0.2, 0.25) is 0 Å². The maximum atomic E-state index is 12.4. The van der Waals surface area contributed by atoms with E-state index in [1.165, 1.54) is 6.07 Å². The number of aromatic hydroxyl groups is 2. The molecule has 0 amide bonds. The van der Waals surface area contributed by atoms with E-state index in [9.17, 15) is 24.9 Å². The van der Waals surface area contributed by atoms with Crippen LogP contribution in [-0.2, 0) is 16.0 Å². The molecule has 1 aromatic carbocycles. The standard InChI is InChI=1S/C18H26O6/c1-3-13(19)7-5-6-8-15(21)18-12(10-17(23)24-4-2)9-14(20)11-16(18)22/h9,11,13,19-20,22H,3-8,10H2,1-2H3/t13-/m0/s1. The van der Waals surface area contributed by atoms with E-state index in [1.54, 1.807) is 6.92 Å². The van der Waals surface area contributed by atoms with Crippen molar-refractivity contribution in [2.45, 2.75) is 58.5 Å². The number of hydrogen-bond donors (Lipinski definition) is 3. The monoisotopic (exact) mass is 338 g/mol. The molecule has 0 bridgehead atoms. The van der Waals surface area contributed by atoms with Gasteiger partial charge in [-0.05, 0) is 37.8 Å². The molecule has 1 rings (SSSR count). The molecule has 0 saturated heterocycles. The number of aliphatic hydroxyl groups is 1. The second kappa shape index (κ2) is 9.93. The van der Waals surface area contributed by atoms with E-state index in [0.717, 1.165) is 6.07 Å². The molecule has 0 aromatic heterocycles. The van der Waals surface area contributed by atoms with Crippen LogP contribution >= 0.6 is 0 Å². The predicted molar refractivity (Wildman–Crippen MR) is 89.2 cm³/mol. The molecule has 0 aliphatic heterocycles. The van der Waals surface area contributed by atoms with Gasteiger partial charge in [-0.15, -0.1) is 0 Å². The smallest absolute Gasteiger partial charge is 0.310 e. The number of phenolic OH excluding ortho intramolecular Hbond substituents is 2. The highest BCUT2D eigenvalue weighted by atomic mass is 16.5. The molecular formula is C18H26O6. The number of unbranched alkanes of at least 4 members (excludes halogenated alkanes) is 1. The molecule has 0 saturated carbocycles. The summed E-state index contributed by atoms with van der Waals surface area (Å²) in [6.45, 7) is 3.78. The van der Waals surface area contributed by atoms with Gasteiger partial charge in [-0.1, -0.05) is 13.3 Å². The number of ketones is 1. The number of benzene rings is 1. The molecule has 0 unspecified atom stereocenters. The third-order valence-corrected chi connectivity index (χ3v) is 3.77. The quantitative estimate of drug-likeness (QED) is 0.344. The molecule has 6 nitrogen and oxygen atoms in total. The molecule has 1 aromatic rings. The number of carbonyl (C=O) groups excluding carboxylic acids is 2. The Balaban J connectivity index is 2.80. The number of carbonyl (C=O) groups is 2. The van der Waals surface area contributed by atoms with E-state index in [1.807, 2.05) is 6.92 Å². The minimum Gasteiger partial charge on any atom is -0.508 e. The summed E-state index contributed by atoms with van der Waals surface area (Å²) in [6.07, 6.45) is 2.23. The lowest BCUT2D eigenvalue weighted by molar-refractivity contribution is -0.142. The minimum absolute atomic E-state index is 0.0527. The zero-order chi connectivity index (χ0) is 18.1. The van der Waals surface area contributed by atoms with Gasteiger partial charge in [0.25, 0.3) is 0 Å². The van der Waals surface area contributed by atoms with Gasteiger partial charge >= 0.3 is 5.97 Å². The fourth-order valence-electron chi connectivity index (χ4n) is 2.49. The first kappa shape index (κ1) is 20.0. The zero-order valence-electron chi connectivity index (χ0n) is 14.2. The molecule has 134 valence electrons. The van der Waals surface area contributed by atoms with Crippen LogP contribution in [0.4, 0.5) is 0 Å². The number of Topliss-reactive ketones (excluding diaryl/α,β-unsaturated/α-hetero) is 1. The first-order valence-corrected chi connectivity index (χ1v) is 8.30. The van der Waals surface area contributed by atoms with Crippen molar-refractivity contribution in [3.8, 4) is 11.5 Å². The Morgan fingerprint density at radius 1 is 1.17 bits per heavy atom. The van der Waals surface area contributed by atoms with Crippen molar-refractivity contribution in [1.82, 2.24) is 0 Å². The first-order valence-electron chi connectivity index (χ1n) is 8.30. The van der Waals surface area contributed by atoms with Gasteiger partial charge in [0.1, 0.15) is 11.5 Å². The number of phenols is 2. The van der Waals surface area contributed by atoms with Gasteiger partial charge in [-0.25, -0.2) is 0 Å². The van der Waals surface area contributed by atoms with Crippen LogP contribution < -0.4 is 0 Å². The van der Waals surface area contributed by atoms with Crippen LogP contribution in [0.25, 0.3) is 0 Å². The van der Waals surface area contributed by atoms with E-state index in [0.29, 0.717) is 25.7 Å². The third kappa shape index (κ3) is 6.20. The van der Waals surface area contributed by atoms with E-state index in [-0.39, 0.29) is 54.0 Å². The van der Waals surface area contributed by atoms with Gasteiger partial charge in [0.15, 0.2) is 5.78 Å². The number of hydrogen-bond acceptors (Lipinski definition) is 6. The normalized spacial score (nSPS) is 12.0. The average Bonchev–Trinajstić information content (AvgIpc) is 2.50. The molecular weight excluding hydrogens is 312 g/mol. The average molecular weight is 338 g/mol. The Morgan fingerprint density at radius 3 is 2.50 bits per heavy atom. The molecule has 1 atom stereocenters. The topological polar surface area (TPSA) is 104 Å². The summed E-state index contributed by atoms with van der Waals surface area (Å²) in [5, 5.41) is 29.1. The highest BCUT2D eigenvalue weighted by Crippen LogP contribution is 2.29. The molecule has 24 heavy (non-hydrogen) atoms. The van der Waals surface area contributed by atoms with Gasteiger partial charge in [0.05, 0.1) is 24.7 Å². The van der Waals surface area contributed by atoms with Crippen LogP contribution in [0.5, 0.6) is 11.5 Å². The highest BCUT2D eigenvalue weighted by Gasteiger charge is 2.20. The lowest BCUT2D eigenvalue weighted by Gasteiger charge is -2.12. The lowest BCUT2D eigenvalue weighted by Crippen LogP contribution is -2.12. The molecule has 0 spiro atoms. The SMILES string of the molecule is CCOC(=O)Cc1cc(O)cc(O)c1C(=O)CCCC[C@@H](O)CC. The summed E-state index contributed by atoms with van der Waals surface area (Å²) >= 11 is 0. The van der Waals surface area contributed by atoms with Gasteiger partial charge in [-0.2, -0.15) is 0 Å². The Hall–Kier alpha value is -2.08.